The van der Waals surface area contributed by atoms with Crippen LogP contribution < -0.4 is 84.8 Å². The zero-order chi connectivity index (χ0) is 59.4. The summed E-state index contributed by atoms with van der Waals surface area (Å²) in [6.45, 7) is 1.44. The molecule has 25 heteroatoms. The monoisotopic (exact) mass is 1130 g/mol. The molecule has 4 rings (SSSR count). The lowest BCUT2D eigenvalue weighted by Gasteiger charge is -2.22. The lowest BCUT2D eigenvalue weighted by atomic mass is 10.1. The molecule has 0 bridgehead atoms. The first kappa shape index (κ1) is 65.2. The Kier molecular flexibility index (Phi) is 27.3. The van der Waals surface area contributed by atoms with Gasteiger partial charge in [0.05, 0.1) is 51.2 Å². The predicted molar refractivity (Wildman–Crippen MR) is 307 cm³/mol. The highest BCUT2D eigenvalue weighted by molar-refractivity contribution is 6.07. The normalized spacial score (nSPS) is 12.3. The molecule has 0 aliphatic rings. The Balaban J connectivity index is 1.55. The molecule has 0 saturated heterocycles. The number of hydrogen-bond donors (Lipinski definition) is 13. The molecule has 81 heavy (non-hydrogen) atoms. The van der Waals surface area contributed by atoms with Crippen molar-refractivity contribution in [3.63, 3.8) is 0 Å². The number of unbranched alkanes of at least 4 members (excludes halogenated alkanes) is 4. The second kappa shape index (κ2) is 33.9. The van der Waals surface area contributed by atoms with Gasteiger partial charge in [-0.15, -0.1) is 0 Å². The topological polar surface area (TPSA) is 408 Å². The molecular formula is C56H78N12O13. The van der Waals surface area contributed by atoms with Gasteiger partial charge in [0.1, 0.15) is 46.7 Å². The number of anilines is 4. The van der Waals surface area contributed by atoms with Gasteiger partial charge in [0.25, 0.3) is 17.7 Å². The SMILES string of the molecule is COc1ccc(NC(=O)[C@H](CCCCN)NC(=O)c2cc(NC(=O)[C@H](CCCCN)NC(=O)c3cc(NC(=O)[C@H](CCCCN)NC(=O)c4cc(NC(=O)[C@@H](N)CCCCN)ccc4OC)ccc3OC)ccc2OC)cc1C(=O)O. The number of carboxylic acids is 1. The molecule has 0 radical (unpaired) electrons. The molecule has 18 N–H and O–H groups in total. The summed E-state index contributed by atoms with van der Waals surface area (Å²) in [5, 5.41) is 28.9. The number of methoxy groups -OCH3 is 4. The average molecular weight is 1130 g/mol. The molecule has 0 aliphatic heterocycles. The number of carboxylic acid groups (broad SMARTS) is 1. The fraction of sp³-hybridized carbons (Fsp3) is 0.429. The Morgan fingerprint density at radius 2 is 0.654 bits per heavy atom. The van der Waals surface area contributed by atoms with Gasteiger partial charge < -0.3 is 89.9 Å². The van der Waals surface area contributed by atoms with E-state index < -0.39 is 71.5 Å². The number of nitrogens with one attached hydrogen (secondary N) is 7. The lowest BCUT2D eigenvalue weighted by molar-refractivity contribution is -0.118. The third kappa shape index (κ3) is 20.0. The van der Waals surface area contributed by atoms with Gasteiger partial charge in [-0.2, -0.15) is 0 Å². The van der Waals surface area contributed by atoms with Crippen molar-refractivity contribution in [2.45, 2.75) is 101 Å². The summed E-state index contributed by atoms with van der Waals surface area (Å²) in [5.74, 6) is -5.37. The van der Waals surface area contributed by atoms with Crippen LogP contribution >= 0.6 is 0 Å². The highest BCUT2D eigenvalue weighted by Crippen LogP contribution is 2.28. The Labute approximate surface area is 470 Å². The molecule has 25 nitrogen and oxygen atoms in total. The molecule has 0 aromatic heterocycles. The van der Waals surface area contributed by atoms with Crippen LogP contribution in [-0.4, -0.2) is 131 Å². The van der Waals surface area contributed by atoms with Gasteiger partial charge >= 0.3 is 5.97 Å². The molecular weight excluding hydrogens is 1050 g/mol. The Bertz CT molecular complexity index is 2800. The van der Waals surface area contributed by atoms with Crippen LogP contribution in [0.15, 0.2) is 72.8 Å². The lowest BCUT2D eigenvalue weighted by Crippen LogP contribution is -2.44. The minimum Gasteiger partial charge on any atom is -0.496 e. The number of hydrogen-bond acceptors (Lipinski definition) is 17. The van der Waals surface area contributed by atoms with E-state index in [2.05, 4.69) is 37.2 Å². The van der Waals surface area contributed by atoms with Gasteiger partial charge in [0.2, 0.25) is 23.6 Å². The third-order valence-corrected chi connectivity index (χ3v) is 12.8. The van der Waals surface area contributed by atoms with Gasteiger partial charge in [0.15, 0.2) is 0 Å². The van der Waals surface area contributed by atoms with Crippen molar-refractivity contribution in [1.29, 1.82) is 0 Å². The molecule has 0 heterocycles. The molecule has 0 saturated carbocycles. The zero-order valence-electron chi connectivity index (χ0n) is 46.3. The molecule has 0 unspecified atom stereocenters. The van der Waals surface area contributed by atoms with Crippen molar-refractivity contribution in [3.8, 4) is 23.0 Å². The molecule has 4 aromatic rings. The zero-order valence-corrected chi connectivity index (χ0v) is 46.3. The van der Waals surface area contributed by atoms with E-state index in [9.17, 15) is 43.5 Å². The van der Waals surface area contributed by atoms with Crippen molar-refractivity contribution < 1.29 is 62.4 Å². The molecule has 0 fully saturated rings. The smallest absolute Gasteiger partial charge is 0.339 e. The van der Waals surface area contributed by atoms with Crippen LogP contribution in [0.1, 0.15) is 118 Å². The van der Waals surface area contributed by atoms with Crippen molar-refractivity contribution in [3.05, 3.63) is 95.1 Å². The summed E-state index contributed by atoms with van der Waals surface area (Å²) in [4.78, 5) is 109. The van der Waals surface area contributed by atoms with E-state index in [-0.39, 0.29) is 87.3 Å². The van der Waals surface area contributed by atoms with Crippen LogP contribution in [0.25, 0.3) is 0 Å². The highest BCUT2D eigenvalue weighted by Gasteiger charge is 2.29. The van der Waals surface area contributed by atoms with E-state index >= 15 is 0 Å². The first-order valence-electron chi connectivity index (χ1n) is 26.6. The van der Waals surface area contributed by atoms with Crippen molar-refractivity contribution in [1.82, 2.24) is 16.0 Å². The average Bonchev–Trinajstić information content (AvgIpc) is 3.48. The minimum absolute atomic E-state index is 0.0297. The van der Waals surface area contributed by atoms with Crippen LogP contribution in [0.5, 0.6) is 23.0 Å². The highest BCUT2D eigenvalue weighted by atomic mass is 16.5. The van der Waals surface area contributed by atoms with Gasteiger partial charge in [-0.3, -0.25) is 33.6 Å². The van der Waals surface area contributed by atoms with E-state index in [4.69, 9.17) is 47.6 Å². The number of ether oxygens (including phenoxy) is 4. The predicted octanol–water partition coefficient (Wildman–Crippen LogP) is 3.41. The maximum atomic E-state index is 14.2. The maximum absolute atomic E-state index is 14.2. The fourth-order valence-electron chi connectivity index (χ4n) is 8.40. The number of nitrogens with two attached hydrogens (primary N) is 5. The summed E-state index contributed by atoms with van der Waals surface area (Å²) in [6.07, 6.45) is 5.18. The molecule has 440 valence electrons. The third-order valence-electron chi connectivity index (χ3n) is 12.8. The molecule has 4 aromatic carbocycles. The van der Waals surface area contributed by atoms with Gasteiger partial charge in [0, 0.05) is 22.7 Å². The summed E-state index contributed by atoms with van der Waals surface area (Å²) in [5.41, 5.74) is 29.4. The van der Waals surface area contributed by atoms with Crippen LogP contribution in [0.4, 0.5) is 22.7 Å². The number of amides is 7. The number of carbonyl (C=O) groups is 8. The molecule has 0 aliphatic carbocycles. The summed E-state index contributed by atoms with van der Waals surface area (Å²) < 4.78 is 21.6. The van der Waals surface area contributed by atoms with E-state index in [1.807, 2.05) is 0 Å². The second-order valence-electron chi connectivity index (χ2n) is 18.7. The summed E-state index contributed by atoms with van der Waals surface area (Å²) in [7, 11) is 5.37. The van der Waals surface area contributed by atoms with Crippen LogP contribution in [-0.2, 0) is 19.2 Å². The van der Waals surface area contributed by atoms with E-state index in [1.165, 1.54) is 95.2 Å². The summed E-state index contributed by atoms with van der Waals surface area (Å²) >= 11 is 0. The number of carbonyl (C=O) groups excluding carboxylic acids is 7. The van der Waals surface area contributed by atoms with Gasteiger partial charge in [-0.25, -0.2) is 4.79 Å². The van der Waals surface area contributed by atoms with Crippen molar-refractivity contribution in [2.75, 3.05) is 75.9 Å². The molecule has 0 spiro atoms. The van der Waals surface area contributed by atoms with Gasteiger partial charge in [-0.1, -0.05) is 6.42 Å². The quantitative estimate of drug-likeness (QED) is 0.0294. The summed E-state index contributed by atoms with van der Waals surface area (Å²) in [6, 6.07) is 12.9. The van der Waals surface area contributed by atoms with E-state index in [0.717, 1.165) is 0 Å². The first-order chi connectivity index (χ1) is 38.9. The van der Waals surface area contributed by atoms with E-state index in [0.29, 0.717) is 84.0 Å². The van der Waals surface area contributed by atoms with E-state index in [1.54, 1.807) is 6.07 Å². The van der Waals surface area contributed by atoms with Crippen molar-refractivity contribution in [2.24, 2.45) is 28.7 Å². The fourth-order valence-corrected chi connectivity index (χ4v) is 8.40. The Hall–Kier alpha value is -8.36. The Morgan fingerprint density at radius 3 is 0.926 bits per heavy atom. The second-order valence-corrected chi connectivity index (χ2v) is 18.7. The Morgan fingerprint density at radius 1 is 0.395 bits per heavy atom. The number of rotatable bonds is 35. The van der Waals surface area contributed by atoms with Crippen molar-refractivity contribution >= 4 is 70.1 Å². The van der Waals surface area contributed by atoms with Crippen LogP contribution in [0, 0.1) is 0 Å². The first-order valence-corrected chi connectivity index (χ1v) is 26.6. The molecule has 7 amide bonds. The standard InChI is InChI=1S/C56H78N12O13/c1-78-45-21-17-33(62-52(72)41(61)13-5-9-25-57)29-37(45)49(69)66-42(14-6-10-26-58)53(73)63-34-18-22-46(79-2)38(30-34)50(70)67-43(15-7-11-27-59)54(74)64-35-19-23-47(80-3)39(31-35)51(71)68-44(16-8-12-28-60)55(75)65-36-20-24-48(81-4)40(32-36)56(76)77/h17-24,29-32,41-44H,5-16,25-28,57-61H2,1-4H3,(H,62,72)(H,63,73)(H,64,74)(H,65,75)(H,66,69)(H,67,70)(H,68,71)(H,76,77)/t41-,42-,43-,44-/m0/s1. The number of benzene rings is 4. The molecule has 4 atom stereocenters. The van der Waals surface area contributed by atoms with Gasteiger partial charge in [-0.05, 0) is 170 Å². The number of aromatic carboxylic acids is 1. The van der Waals surface area contributed by atoms with Crippen LogP contribution in [0.2, 0.25) is 0 Å². The largest absolute Gasteiger partial charge is 0.496 e. The van der Waals surface area contributed by atoms with Crippen LogP contribution in [0.3, 0.4) is 0 Å². The minimum atomic E-state index is -1.28. The maximum Gasteiger partial charge on any atom is 0.339 e.